The minimum atomic E-state index is -2.79. The van der Waals surface area contributed by atoms with Crippen LogP contribution < -0.4 is 10.5 Å². The van der Waals surface area contributed by atoms with Crippen LogP contribution >= 0.6 is 11.3 Å². The van der Waals surface area contributed by atoms with Gasteiger partial charge in [0, 0.05) is 11.6 Å². The fourth-order valence-corrected chi connectivity index (χ4v) is 2.60. The maximum absolute atomic E-state index is 12.0. The van der Waals surface area contributed by atoms with Crippen LogP contribution in [0.3, 0.4) is 0 Å². The standard InChI is InChI=1S/C14H16F2N2OS/c1-14(17,12-18-8-9-20-12)7-6-10-2-4-11(5-3-10)19-13(15)16/h2-5,8-9,13H,6-7,17H2,1H3. The van der Waals surface area contributed by atoms with Crippen molar-refractivity contribution in [2.75, 3.05) is 0 Å². The van der Waals surface area contributed by atoms with Crippen LogP contribution in [-0.4, -0.2) is 11.6 Å². The number of aromatic nitrogens is 1. The molecule has 1 heterocycles. The topological polar surface area (TPSA) is 48.1 Å². The van der Waals surface area contributed by atoms with Gasteiger partial charge in [-0.3, -0.25) is 0 Å². The Morgan fingerprint density at radius 3 is 2.60 bits per heavy atom. The minimum absolute atomic E-state index is 0.166. The zero-order chi connectivity index (χ0) is 14.6. The molecule has 1 unspecified atom stereocenters. The van der Waals surface area contributed by atoms with Gasteiger partial charge in [0.25, 0.3) is 0 Å². The summed E-state index contributed by atoms with van der Waals surface area (Å²) in [5.74, 6) is 0.166. The third-order valence-corrected chi connectivity index (χ3v) is 4.06. The van der Waals surface area contributed by atoms with E-state index < -0.39 is 12.2 Å². The lowest BCUT2D eigenvalue weighted by molar-refractivity contribution is -0.0498. The molecule has 2 aromatic rings. The van der Waals surface area contributed by atoms with Crippen LogP contribution in [0.2, 0.25) is 0 Å². The number of halogens is 2. The number of hydrogen-bond donors (Lipinski definition) is 1. The Kier molecular flexibility index (Phi) is 4.67. The molecular formula is C14H16F2N2OS. The predicted molar refractivity (Wildman–Crippen MR) is 75.0 cm³/mol. The Morgan fingerprint density at radius 2 is 2.05 bits per heavy atom. The van der Waals surface area contributed by atoms with Crippen molar-refractivity contribution in [1.29, 1.82) is 0 Å². The number of nitrogens with two attached hydrogens (primary N) is 1. The van der Waals surface area contributed by atoms with Gasteiger partial charge in [0.1, 0.15) is 10.8 Å². The quantitative estimate of drug-likeness (QED) is 0.887. The minimum Gasteiger partial charge on any atom is -0.435 e. The molecule has 108 valence electrons. The number of rotatable bonds is 6. The van der Waals surface area contributed by atoms with E-state index in [1.165, 1.54) is 11.3 Å². The van der Waals surface area contributed by atoms with Crippen molar-refractivity contribution in [1.82, 2.24) is 4.98 Å². The molecule has 20 heavy (non-hydrogen) atoms. The summed E-state index contributed by atoms with van der Waals surface area (Å²) in [7, 11) is 0. The number of aryl methyl sites for hydroxylation is 1. The molecule has 0 saturated carbocycles. The van der Waals surface area contributed by atoms with Gasteiger partial charge in [0.15, 0.2) is 0 Å². The second-order valence-electron chi connectivity index (χ2n) is 4.78. The van der Waals surface area contributed by atoms with Crippen LogP contribution in [0.15, 0.2) is 35.8 Å². The largest absolute Gasteiger partial charge is 0.435 e. The second kappa shape index (κ2) is 6.28. The van der Waals surface area contributed by atoms with Crippen molar-refractivity contribution in [3.8, 4) is 5.75 Å². The van der Waals surface area contributed by atoms with Crippen molar-refractivity contribution in [2.24, 2.45) is 5.73 Å². The van der Waals surface area contributed by atoms with Gasteiger partial charge in [-0.2, -0.15) is 8.78 Å². The van der Waals surface area contributed by atoms with Crippen molar-refractivity contribution in [3.63, 3.8) is 0 Å². The van der Waals surface area contributed by atoms with E-state index in [-0.39, 0.29) is 5.75 Å². The maximum atomic E-state index is 12.0. The summed E-state index contributed by atoms with van der Waals surface area (Å²) in [5.41, 5.74) is 6.80. The summed E-state index contributed by atoms with van der Waals surface area (Å²) in [6.45, 7) is -0.849. The van der Waals surface area contributed by atoms with E-state index in [1.54, 1.807) is 30.5 Å². The lowest BCUT2D eigenvalue weighted by atomic mass is 9.95. The van der Waals surface area contributed by atoms with Crippen LogP contribution in [0.1, 0.15) is 23.9 Å². The molecule has 0 bridgehead atoms. The average Bonchev–Trinajstić information content (AvgIpc) is 2.92. The van der Waals surface area contributed by atoms with Gasteiger partial charge < -0.3 is 10.5 Å². The number of benzene rings is 1. The SMILES string of the molecule is CC(N)(CCc1ccc(OC(F)F)cc1)c1nccs1. The fraction of sp³-hybridized carbons (Fsp3) is 0.357. The Morgan fingerprint density at radius 1 is 1.35 bits per heavy atom. The van der Waals surface area contributed by atoms with Gasteiger partial charge in [-0.15, -0.1) is 11.3 Å². The van der Waals surface area contributed by atoms with E-state index >= 15 is 0 Å². The third kappa shape index (κ3) is 3.98. The van der Waals surface area contributed by atoms with E-state index in [1.807, 2.05) is 12.3 Å². The van der Waals surface area contributed by atoms with E-state index in [2.05, 4.69) is 9.72 Å². The summed E-state index contributed by atoms with van der Waals surface area (Å²) >= 11 is 1.53. The van der Waals surface area contributed by atoms with Gasteiger partial charge in [-0.1, -0.05) is 12.1 Å². The van der Waals surface area contributed by atoms with Crippen LogP contribution in [0, 0.1) is 0 Å². The number of ether oxygens (including phenoxy) is 1. The molecule has 0 saturated heterocycles. The number of nitrogens with zero attached hydrogens (tertiary/aromatic N) is 1. The highest BCUT2D eigenvalue weighted by molar-refractivity contribution is 7.09. The summed E-state index contributed by atoms with van der Waals surface area (Å²) < 4.78 is 28.4. The summed E-state index contributed by atoms with van der Waals surface area (Å²) in [4.78, 5) is 4.24. The highest BCUT2D eigenvalue weighted by atomic mass is 32.1. The maximum Gasteiger partial charge on any atom is 0.387 e. The second-order valence-corrected chi connectivity index (χ2v) is 5.67. The molecule has 0 amide bonds. The first-order valence-electron chi connectivity index (χ1n) is 6.20. The molecule has 0 radical (unpaired) electrons. The Bertz CT molecular complexity index is 527. The van der Waals surface area contributed by atoms with Crippen molar-refractivity contribution in [3.05, 3.63) is 46.4 Å². The van der Waals surface area contributed by atoms with E-state index in [0.29, 0.717) is 0 Å². The molecule has 0 spiro atoms. The highest BCUT2D eigenvalue weighted by Gasteiger charge is 2.23. The Balaban J connectivity index is 1.94. The normalized spacial score (nSPS) is 14.2. The molecule has 2 rings (SSSR count). The van der Waals surface area contributed by atoms with Crippen molar-refractivity contribution >= 4 is 11.3 Å². The molecular weight excluding hydrogens is 282 g/mol. The molecule has 2 N–H and O–H groups in total. The molecule has 1 aromatic heterocycles. The molecule has 0 aliphatic heterocycles. The smallest absolute Gasteiger partial charge is 0.387 e. The Labute approximate surface area is 120 Å². The average molecular weight is 298 g/mol. The lowest BCUT2D eigenvalue weighted by Gasteiger charge is -2.21. The lowest BCUT2D eigenvalue weighted by Crippen LogP contribution is -2.33. The zero-order valence-electron chi connectivity index (χ0n) is 11.1. The molecule has 1 atom stereocenters. The molecule has 0 aliphatic carbocycles. The zero-order valence-corrected chi connectivity index (χ0v) is 11.9. The predicted octanol–water partition coefficient (Wildman–Crippen LogP) is 3.55. The van der Waals surface area contributed by atoms with Crippen LogP contribution in [-0.2, 0) is 12.0 Å². The van der Waals surface area contributed by atoms with Gasteiger partial charge in [0.05, 0.1) is 5.54 Å². The summed E-state index contributed by atoms with van der Waals surface area (Å²) in [5, 5.41) is 2.80. The number of alkyl halides is 2. The van der Waals surface area contributed by atoms with Crippen molar-refractivity contribution < 1.29 is 13.5 Å². The van der Waals surface area contributed by atoms with Gasteiger partial charge in [-0.05, 0) is 37.5 Å². The fourth-order valence-electron chi connectivity index (χ4n) is 1.85. The van der Waals surface area contributed by atoms with Crippen LogP contribution in [0.25, 0.3) is 0 Å². The molecule has 0 aliphatic rings. The first-order chi connectivity index (χ1) is 9.47. The third-order valence-electron chi connectivity index (χ3n) is 3.00. The van der Waals surface area contributed by atoms with Gasteiger partial charge in [-0.25, -0.2) is 4.98 Å². The van der Waals surface area contributed by atoms with E-state index in [9.17, 15) is 8.78 Å². The summed E-state index contributed by atoms with van der Waals surface area (Å²) in [6.07, 6.45) is 3.22. The molecule has 6 heteroatoms. The first kappa shape index (κ1) is 14.9. The monoisotopic (exact) mass is 298 g/mol. The summed E-state index contributed by atoms with van der Waals surface area (Å²) in [6, 6.07) is 6.63. The van der Waals surface area contributed by atoms with Crippen LogP contribution in [0.4, 0.5) is 8.78 Å². The molecule has 3 nitrogen and oxygen atoms in total. The van der Waals surface area contributed by atoms with Gasteiger partial charge >= 0.3 is 6.61 Å². The first-order valence-corrected chi connectivity index (χ1v) is 7.08. The number of hydrogen-bond acceptors (Lipinski definition) is 4. The molecule has 0 fully saturated rings. The number of thiazole rings is 1. The van der Waals surface area contributed by atoms with E-state index in [0.717, 1.165) is 23.4 Å². The van der Waals surface area contributed by atoms with Crippen molar-refractivity contribution in [2.45, 2.75) is 31.9 Å². The van der Waals surface area contributed by atoms with E-state index in [4.69, 9.17) is 5.73 Å². The van der Waals surface area contributed by atoms with Gasteiger partial charge in [0.2, 0.25) is 0 Å². The molecule has 1 aromatic carbocycles. The van der Waals surface area contributed by atoms with Crippen LogP contribution in [0.5, 0.6) is 5.75 Å². The Hall–Kier alpha value is -1.53. The highest BCUT2D eigenvalue weighted by Crippen LogP contribution is 2.25.